The molecule has 3 N–H and O–H groups in total. The molecule has 11 heteroatoms. The number of hydrogen-bond donors (Lipinski definition) is 3. The highest BCUT2D eigenvalue weighted by Crippen LogP contribution is 2.10. The van der Waals surface area contributed by atoms with Crippen LogP contribution in [0.25, 0.3) is 0 Å². The Kier molecular flexibility index (Phi) is 10.6. The van der Waals surface area contributed by atoms with Gasteiger partial charge >= 0.3 is 5.97 Å². The number of benzene rings is 1. The first-order valence-corrected chi connectivity index (χ1v) is 11.3. The van der Waals surface area contributed by atoms with E-state index in [0.717, 1.165) is 10.5 Å². The summed E-state index contributed by atoms with van der Waals surface area (Å²) in [4.78, 5) is 71.2. The second kappa shape index (κ2) is 13.6. The second-order valence-corrected chi connectivity index (χ2v) is 8.00. The van der Waals surface area contributed by atoms with Crippen LogP contribution in [0.5, 0.6) is 0 Å². The van der Waals surface area contributed by atoms with Crippen molar-refractivity contribution in [2.24, 2.45) is 0 Å². The molecule has 2 rings (SSSR count). The minimum atomic E-state index is -0.818. The van der Waals surface area contributed by atoms with Crippen LogP contribution in [0.2, 0.25) is 0 Å². The van der Waals surface area contributed by atoms with Crippen LogP contribution in [-0.2, 0) is 40.1 Å². The number of ether oxygens (including phenoxy) is 1. The van der Waals surface area contributed by atoms with E-state index in [1.807, 2.05) is 0 Å². The number of carbonyl (C=O) groups excluding carboxylic acids is 6. The highest BCUT2D eigenvalue weighted by atomic mass is 16.5. The molecule has 0 aromatic heterocycles. The van der Waals surface area contributed by atoms with E-state index in [1.54, 1.807) is 24.3 Å². The highest BCUT2D eigenvalue weighted by molar-refractivity contribution is 6.12. The molecule has 0 radical (unpaired) electrons. The Morgan fingerprint density at radius 3 is 2.23 bits per heavy atom. The Morgan fingerprint density at radius 2 is 1.60 bits per heavy atom. The smallest absolute Gasteiger partial charge is 0.302 e. The van der Waals surface area contributed by atoms with Gasteiger partial charge in [0.25, 0.3) is 11.8 Å². The fourth-order valence-electron chi connectivity index (χ4n) is 3.16. The molecule has 0 saturated heterocycles. The van der Waals surface area contributed by atoms with Crippen molar-refractivity contribution in [1.29, 1.82) is 0 Å². The van der Waals surface area contributed by atoms with Gasteiger partial charge in [0.15, 0.2) is 0 Å². The van der Waals surface area contributed by atoms with Gasteiger partial charge in [0.1, 0.15) is 12.6 Å². The van der Waals surface area contributed by atoms with Crippen LogP contribution in [-0.4, -0.2) is 59.5 Å². The maximum absolute atomic E-state index is 12.2. The summed E-state index contributed by atoms with van der Waals surface area (Å²) < 4.78 is 4.89. The summed E-state index contributed by atoms with van der Waals surface area (Å²) in [5.41, 5.74) is 1.29. The molecule has 0 bridgehead atoms. The third-order valence-corrected chi connectivity index (χ3v) is 5.06. The normalized spacial score (nSPS) is 13.4. The third-order valence-electron chi connectivity index (χ3n) is 5.06. The number of anilines is 1. The molecule has 1 aliphatic rings. The summed E-state index contributed by atoms with van der Waals surface area (Å²) >= 11 is 0. The van der Waals surface area contributed by atoms with E-state index in [9.17, 15) is 28.8 Å². The van der Waals surface area contributed by atoms with Gasteiger partial charge in [-0.25, -0.2) is 0 Å². The number of amides is 5. The van der Waals surface area contributed by atoms with Gasteiger partial charge in [-0.1, -0.05) is 18.6 Å². The molecule has 1 aromatic carbocycles. The van der Waals surface area contributed by atoms with Crippen LogP contribution in [0.15, 0.2) is 36.4 Å². The number of esters is 1. The number of imide groups is 1. The largest absolute Gasteiger partial charge is 0.461 e. The lowest BCUT2D eigenvalue weighted by Crippen LogP contribution is -2.46. The predicted octanol–water partition coefficient (Wildman–Crippen LogP) is 0.795. The van der Waals surface area contributed by atoms with Crippen LogP contribution in [0.1, 0.15) is 45.1 Å². The summed E-state index contributed by atoms with van der Waals surface area (Å²) in [7, 11) is 0. The number of nitrogens with one attached hydrogen (secondary N) is 3. The monoisotopic (exact) mass is 486 g/mol. The van der Waals surface area contributed by atoms with E-state index in [4.69, 9.17) is 4.74 Å². The molecular weight excluding hydrogens is 456 g/mol. The number of hydrogen-bond acceptors (Lipinski definition) is 7. The fraction of sp³-hybridized carbons (Fsp3) is 0.417. The van der Waals surface area contributed by atoms with Crippen LogP contribution in [0.3, 0.4) is 0 Å². The SMILES string of the molecule is CC(=O)OCc1ccc(NC(=O)CNC(=O)C(C)NC(=O)CCCCCN2C(=O)C=CC2=O)cc1. The van der Waals surface area contributed by atoms with Crippen LogP contribution in [0, 0.1) is 0 Å². The Labute approximate surface area is 203 Å². The Balaban J connectivity index is 1.59. The summed E-state index contributed by atoms with van der Waals surface area (Å²) in [5, 5.41) is 7.68. The predicted molar refractivity (Wildman–Crippen MR) is 125 cm³/mol. The van der Waals surface area contributed by atoms with Gasteiger partial charge in [-0.2, -0.15) is 0 Å². The molecule has 0 spiro atoms. The molecule has 35 heavy (non-hydrogen) atoms. The lowest BCUT2D eigenvalue weighted by atomic mass is 10.1. The summed E-state index contributed by atoms with van der Waals surface area (Å²) in [6.45, 7) is 3.02. The molecule has 1 heterocycles. The number of carbonyl (C=O) groups is 6. The molecule has 1 aromatic rings. The van der Waals surface area contributed by atoms with Gasteiger partial charge in [-0.3, -0.25) is 33.7 Å². The third kappa shape index (κ3) is 9.78. The highest BCUT2D eigenvalue weighted by Gasteiger charge is 2.22. The number of unbranched alkanes of at least 4 members (excludes halogenated alkanes) is 2. The molecule has 1 unspecified atom stereocenters. The topological polar surface area (TPSA) is 151 Å². The second-order valence-electron chi connectivity index (χ2n) is 8.00. The Bertz CT molecular complexity index is 970. The molecule has 1 atom stereocenters. The van der Waals surface area contributed by atoms with Crippen molar-refractivity contribution in [2.75, 3.05) is 18.4 Å². The van der Waals surface area contributed by atoms with Gasteiger partial charge in [0.05, 0.1) is 6.54 Å². The average Bonchev–Trinajstić information content (AvgIpc) is 3.13. The van der Waals surface area contributed by atoms with E-state index in [-0.39, 0.29) is 43.3 Å². The number of rotatable bonds is 13. The van der Waals surface area contributed by atoms with Gasteiger partial charge in [-0.15, -0.1) is 0 Å². The quantitative estimate of drug-likeness (QED) is 0.212. The van der Waals surface area contributed by atoms with Crippen LogP contribution < -0.4 is 16.0 Å². The summed E-state index contributed by atoms with van der Waals surface area (Å²) in [6, 6.07) is 5.90. The van der Waals surface area contributed by atoms with Gasteiger partial charge in [0, 0.05) is 37.7 Å². The number of nitrogens with zero attached hydrogens (tertiary/aromatic N) is 1. The van der Waals surface area contributed by atoms with Crippen molar-refractivity contribution in [3.05, 3.63) is 42.0 Å². The van der Waals surface area contributed by atoms with Crippen molar-refractivity contribution in [3.8, 4) is 0 Å². The van der Waals surface area contributed by atoms with E-state index < -0.39 is 17.9 Å². The molecule has 0 aliphatic carbocycles. The van der Waals surface area contributed by atoms with E-state index in [1.165, 1.54) is 26.0 Å². The molecule has 1 aliphatic heterocycles. The lowest BCUT2D eigenvalue weighted by Gasteiger charge is -2.15. The van der Waals surface area contributed by atoms with Crippen molar-refractivity contribution in [3.63, 3.8) is 0 Å². The van der Waals surface area contributed by atoms with Gasteiger partial charge in [0.2, 0.25) is 17.7 Å². The van der Waals surface area contributed by atoms with E-state index in [0.29, 0.717) is 31.5 Å². The molecule has 5 amide bonds. The first kappa shape index (κ1) is 27.2. The summed E-state index contributed by atoms with van der Waals surface area (Å²) in [6.07, 6.45) is 4.45. The van der Waals surface area contributed by atoms with Crippen LogP contribution >= 0.6 is 0 Å². The Morgan fingerprint density at radius 1 is 0.943 bits per heavy atom. The summed E-state index contributed by atoms with van der Waals surface area (Å²) in [5.74, 6) is -2.27. The van der Waals surface area contributed by atoms with Crippen molar-refractivity contribution in [2.45, 2.75) is 52.2 Å². The fourth-order valence-corrected chi connectivity index (χ4v) is 3.16. The van der Waals surface area contributed by atoms with E-state index in [2.05, 4.69) is 16.0 Å². The van der Waals surface area contributed by atoms with E-state index >= 15 is 0 Å². The average molecular weight is 487 g/mol. The molecule has 11 nitrogen and oxygen atoms in total. The molecule has 188 valence electrons. The first-order chi connectivity index (χ1) is 16.7. The first-order valence-electron chi connectivity index (χ1n) is 11.3. The van der Waals surface area contributed by atoms with Crippen molar-refractivity contribution in [1.82, 2.24) is 15.5 Å². The zero-order chi connectivity index (χ0) is 25.8. The standard InChI is InChI=1S/C24H30N4O7/c1-16(26-20(30)6-4-3-5-13-28-22(32)11-12-23(28)33)24(34)25-14-21(31)27-19-9-7-18(8-10-19)15-35-17(2)29/h7-12,16H,3-6,13-15H2,1-2H3,(H,25,34)(H,26,30)(H,27,31). The van der Waals surface area contributed by atoms with Gasteiger partial charge in [-0.05, 0) is 37.5 Å². The molecule has 0 saturated carbocycles. The Hall–Kier alpha value is -4.02. The van der Waals surface area contributed by atoms with Gasteiger partial charge < -0.3 is 20.7 Å². The lowest BCUT2D eigenvalue weighted by molar-refractivity contribution is -0.142. The minimum Gasteiger partial charge on any atom is -0.461 e. The molecular formula is C24H30N4O7. The maximum Gasteiger partial charge on any atom is 0.302 e. The molecule has 0 fully saturated rings. The maximum atomic E-state index is 12.2. The minimum absolute atomic E-state index is 0.140. The van der Waals surface area contributed by atoms with Crippen molar-refractivity contribution >= 4 is 41.2 Å². The van der Waals surface area contributed by atoms with Crippen LogP contribution in [0.4, 0.5) is 5.69 Å². The van der Waals surface area contributed by atoms with Crippen molar-refractivity contribution < 1.29 is 33.5 Å². The zero-order valence-electron chi connectivity index (χ0n) is 19.8. The zero-order valence-corrected chi connectivity index (χ0v) is 19.8.